The molecule has 6 rings (SSSR count). The van der Waals surface area contributed by atoms with E-state index in [1.54, 1.807) is 0 Å². The molecule has 2 aliphatic rings. The van der Waals surface area contributed by atoms with Crippen molar-refractivity contribution in [2.75, 3.05) is 5.32 Å². The first-order chi connectivity index (χ1) is 17.0. The standard InChI is InChI=1S/C24H18N4O7/c29-22(30)24(10-11-24)21-27-20-19(34-21)25-16(33-20)9-8-15-18(17(28-35-15)14-6-7-14)26-23(31)32-12-13-4-2-1-3-5-13/h1-5,14H,6-7,10-12H2,(H,26,31)(H,29,30). The largest absolute Gasteiger partial charge is 0.480 e. The highest BCUT2D eigenvalue weighted by molar-refractivity contribution is 5.87. The molecule has 11 nitrogen and oxygen atoms in total. The van der Waals surface area contributed by atoms with E-state index in [1.165, 1.54) is 0 Å². The molecule has 11 heteroatoms. The number of nitrogens with zero attached hydrogens (tertiary/aromatic N) is 3. The second kappa shape index (κ2) is 8.02. The lowest BCUT2D eigenvalue weighted by atomic mass is 10.1. The zero-order valence-corrected chi connectivity index (χ0v) is 18.2. The van der Waals surface area contributed by atoms with Crippen LogP contribution in [0.25, 0.3) is 11.4 Å². The van der Waals surface area contributed by atoms with Crippen molar-refractivity contribution >= 4 is 29.2 Å². The van der Waals surface area contributed by atoms with Crippen molar-refractivity contribution in [3.05, 3.63) is 59.1 Å². The number of carbonyl (C=O) groups is 2. The minimum Gasteiger partial charge on any atom is -0.480 e. The maximum absolute atomic E-state index is 12.4. The molecule has 35 heavy (non-hydrogen) atoms. The second-order valence-corrected chi connectivity index (χ2v) is 8.52. The molecule has 2 N–H and O–H groups in total. The summed E-state index contributed by atoms with van der Waals surface area (Å²) in [6.07, 6.45) is 2.14. The highest BCUT2D eigenvalue weighted by Gasteiger charge is 2.56. The van der Waals surface area contributed by atoms with Crippen molar-refractivity contribution in [2.24, 2.45) is 0 Å². The Balaban J connectivity index is 1.20. The van der Waals surface area contributed by atoms with E-state index in [9.17, 15) is 14.7 Å². The summed E-state index contributed by atoms with van der Waals surface area (Å²) in [6.45, 7) is 0.116. The summed E-state index contributed by atoms with van der Waals surface area (Å²) in [5.41, 5.74) is 0.861. The Labute approximate surface area is 197 Å². The summed E-state index contributed by atoms with van der Waals surface area (Å²) in [4.78, 5) is 32.1. The summed E-state index contributed by atoms with van der Waals surface area (Å²) in [5.74, 6) is 4.89. The normalized spacial score (nSPS) is 15.9. The molecule has 3 aromatic heterocycles. The van der Waals surface area contributed by atoms with Gasteiger partial charge in [0.2, 0.25) is 11.7 Å². The molecule has 0 aliphatic heterocycles. The summed E-state index contributed by atoms with van der Waals surface area (Å²) in [5, 5.41) is 16.1. The van der Waals surface area contributed by atoms with Gasteiger partial charge in [0.25, 0.3) is 17.3 Å². The SMILES string of the molecule is O=C(Nc1c(C2CC2)noc1C#Cc1nc2oc(C3(C(=O)O)CC3)nc2o1)OCc1ccccc1. The molecule has 0 bridgehead atoms. The van der Waals surface area contributed by atoms with Crippen LogP contribution in [0.15, 0.2) is 43.7 Å². The molecule has 3 heterocycles. The molecule has 4 aromatic rings. The van der Waals surface area contributed by atoms with E-state index >= 15 is 0 Å². The molecule has 1 aromatic carbocycles. The third-order valence-corrected chi connectivity index (χ3v) is 5.95. The van der Waals surface area contributed by atoms with E-state index in [2.05, 4.69) is 32.3 Å². The number of aromatic nitrogens is 3. The predicted octanol–water partition coefficient (Wildman–Crippen LogP) is 3.95. The predicted molar refractivity (Wildman–Crippen MR) is 117 cm³/mol. The average molecular weight is 474 g/mol. The summed E-state index contributed by atoms with van der Waals surface area (Å²) in [7, 11) is 0. The fraction of sp³-hybridized carbons (Fsp3) is 0.292. The minimum atomic E-state index is -1.09. The number of ether oxygens (including phenoxy) is 1. The van der Waals surface area contributed by atoms with Gasteiger partial charge in [-0.3, -0.25) is 10.1 Å². The number of oxazole rings is 2. The van der Waals surface area contributed by atoms with E-state index in [0.717, 1.165) is 18.4 Å². The number of benzene rings is 1. The number of hydrogen-bond donors (Lipinski definition) is 2. The van der Waals surface area contributed by atoms with Crippen LogP contribution >= 0.6 is 0 Å². The van der Waals surface area contributed by atoms with Crippen LogP contribution in [0.5, 0.6) is 0 Å². The van der Waals surface area contributed by atoms with Gasteiger partial charge in [0.05, 0.1) is 0 Å². The Hall–Kier alpha value is -4.59. The molecule has 0 radical (unpaired) electrons. The van der Waals surface area contributed by atoms with Crippen molar-refractivity contribution in [1.29, 1.82) is 0 Å². The summed E-state index contributed by atoms with van der Waals surface area (Å²) in [6, 6.07) is 9.32. The van der Waals surface area contributed by atoms with Crippen LogP contribution in [0, 0.1) is 11.8 Å². The maximum Gasteiger partial charge on any atom is 0.412 e. The van der Waals surface area contributed by atoms with E-state index in [1.807, 2.05) is 30.3 Å². The number of amides is 1. The van der Waals surface area contributed by atoms with Gasteiger partial charge in [0.1, 0.15) is 23.4 Å². The van der Waals surface area contributed by atoms with Gasteiger partial charge < -0.3 is 23.2 Å². The Morgan fingerprint density at radius 2 is 1.89 bits per heavy atom. The Bertz CT molecular complexity index is 1470. The smallest absolute Gasteiger partial charge is 0.412 e. The van der Waals surface area contributed by atoms with Crippen LogP contribution in [-0.4, -0.2) is 32.3 Å². The maximum atomic E-state index is 12.4. The van der Waals surface area contributed by atoms with Gasteiger partial charge in [0, 0.05) is 11.8 Å². The van der Waals surface area contributed by atoms with Crippen LogP contribution in [0.4, 0.5) is 10.5 Å². The molecular formula is C24H18N4O7. The van der Waals surface area contributed by atoms with Crippen molar-refractivity contribution in [2.45, 2.75) is 43.6 Å². The molecule has 2 aliphatic carbocycles. The van der Waals surface area contributed by atoms with E-state index < -0.39 is 17.5 Å². The number of carboxylic acids is 1. The molecule has 176 valence electrons. The molecule has 0 spiro atoms. The van der Waals surface area contributed by atoms with Gasteiger partial charge in [-0.2, -0.15) is 9.97 Å². The number of aliphatic carboxylic acids is 1. The third-order valence-electron chi connectivity index (χ3n) is 5.95. The Kier molecular flexibility index (Phi) is 4.81. The molecule has 2 saturated carbocycles. The lowest BCUT2D eigenvalue weighted by Gasteiger charge is -2.06. The third kappa shape index (κ3) is 3.99. The monoisotopic (exact) mass is 474 g/mol. The highest BCUT2D eigenvalue weighted by atomic mass is 16.5. The van der Waals surface area contributed by atoms with E-state index in [-0.39, 0.29) is 41.5 Å². The van der Waals surface area contributed by atoms with Crippen LogP contribution in [-0.2, 0) is 21.6 Å². The van der Waals surface area contributed by atoms with Crippen molar-refractivity contribution < 1.29 is 32.8 Å². The van der Waals surface area contributed by atoms with Gasteiger partial charge >= 0.3 is 12.1 Å². The Morgan fingerprint density at radius 1 is 1.11 bits per heavy atom. The van der Waals surface area contributed by atoms with Crippen molar-refractivity contribution in [3.63, 3.8) is 0 Å². The summed E-state index contributed by atoms with van der Waals surface area (Å²) >= 11 is 0. The molecule has 1 amide bonds. The first kappa shape index (κ1) is 21.0. The highest BCUT2D eigenvalue weighted by Crippen LogP contribution is 2.48. The van der Waals surface area contributed by atoms with Crippen LogP contribution in [0.3, 0.4) is 0 Å². The number of hydrogen-bond acceptors (Lipinski definition) is 9. The average Bonchev–Trinajstić information content (AvgIpc) is 3.75. The fourth-order valence-corrected chi connectivity index (χ4v) is 3.66. The fourth-order valence-electron chi connectivity index (χ4n) is 3.66. The first-order valence-corrected chi connectivity index (χ1v) is 11.0. The van der Waals surface area contributed by atoms with Crippen LogP contribution in [0.2, 0.25) is 0 Å². The summed E-state index contributed by atoms with van der Waals surface area (Å²) < 4.78 is 21.7. The molecule has 0 atom stereocenters. The van der Waals surface area contributed by atoms with E-state index in [4.69, 9.17) is 18.1 Å². The lowest BCUT2D eigenvalue weighted by molar-refractivity contribution is -0.140. The Morgan fingerprint density at radius 3 is 2.57 bits per heavy atom. The second-order valence-electron chi connectivity index (χ2n) is 8.52. The van der Waals surface area contributed by atoms with Crippen molar-refractivity contribution in [3.8, 4) is 11.8 Å². The number of nitrogens with one attached hydrogen (secondary N) is 1. The number of carboxylic acid groups (broad SMARTS) is 1. The number of anilines is 1. The first-order valence-electron chi connectivity index (χ1n) is 11.0. The zero-order chi connectivity index (χ0) is 24.0. The lowest BCUT2D eigenvalue weighted by Crippen LogP contribution is -2.19. The van der Waals surface area contributed by atoms with Gasteiger partial charge in [-0.1, -0.05) is 35.5 Å². The van der Waals surface area contributed by atoms with E-state index in [0.29, 0.717) is 24.2 Å². The molecule has 0 saturated heterocycles. The van der Waals surface area contributed by atoms with Gasteiger partial charge in [0.15, 0.2) is 0 Å². The van der Waals surface area contributed by atoms with Gasteiger partial charge in [-0.15, -0.1) is 0 Å². The topological polar surface area (TPSA) is 154 Å². The molecule has 0 unspecified atom stereocenters. The van der Waals surface area contributed by atoms with Crippen molar-refractivity contribution in [1.82, 2.24) is 15.1 Å². The number of fused-ring (bicyclic) bond motifs is 1. The molecule has 2 fully saturated rings. The number of rotatable bonds is 6. The van der Waals surface area contributed by atoms with Gasteiger partial charge in [-0.05, 0) is 37.2 Å². The van der Waals surface area contributed by atoms with Crippen LogP contribution in [0.1, 0.15) is 60.4 Å². The van der Waals surface area contributed by atoms with Gasteiger partial charge in [-0.25, -0.2) is 4.79 Å². The zero-order valence-electron chi connectivity index (χ0n) is 18.2. The quantitative estimate of drug-likeness (QED) is 0.393. The van der Waals surface area contributed by atoms with Crippen LogP contribution < -0.4 is 5.32 Å². The minimum absolute atomic E-state index is 0.0000481. The molecular weight excluding hydrogens is 456 g/mol. The number of carbonyl (C=O) groups excluding carboxylic acids is 1.